The van der Waals surface area contributed by atoms with Gasteiger partial charge in [-0.05, 0) is 187 Å². The van der Waals surface area contributed by atoms with Gasteiger partial charge in [-0.25, -0.2) is 29.9 Å². The number of aliphatic hydroxyl groups is 3. The minimum absolute atomic E-state index is 0. The van der Waals surface area contributed by atoms with Crippen molar-refractivity contribution >= 4 is 96.1 Å². The molecule has 0 aliphatic carbocycles. The van der Waals surface area contributed by atoms with E-state index in [9.17, 15) is 15.3 Å². The zero-order valence-corrected chi connectivity index (χ0v) is 73.6. The van der Waals surface area contributed by atoms with E-state index in [1.54, 1.807) is 42.2 Å². The molecular weight excluding hydrogens is 1530 g/mol. The van der Waals surface area contributed by atoms with Gasteiger partial charge in [0.05, 0.1) is 54.9 Å². The second-order valence-electron chi connectivity index (χ2n) is 32.7. The number of ether oxygens (including phenoxy) is 7. The molecule has 0 saturated carbocycles. The molecule has 3 N–H and O–H groups in total. The van der Waals surface area contributed by atoms with Crippen LogP contribution in [0.3, 0.4) is 0 Å². The second kappa shape index (κ2) is 32.0. The van der Waals surface area contributed by atoms with Crippen LogP contribution in [0, 0.1) is 28.7 Å². The summed E-state index contributed by atoms with van der Waals surface area (Å²) in [6.45, 7) is 40.8. The third-order valence-corrected chi connectivity index (χ3v) is 32.5. The minimum atomic E-state index is -1.95. The summed E-state index contributed by atoms with van der Waals surface area (Å²) in [6.07, 6.45) is 7.12. The van der Waals surface area contributed by atoms with Crippen LogP contribution in [0.5, 0.6) is 0 Å². The van der Waals surface area contributed by atoms with Gasteiger partial charge in [0.2, 0.25) is 0 Å². The number of benzene rings is 3. The van der Waals surface area contributed by atoms with Crippen molar-refractivity contribution in [1.82, 2.24) is 43.6 Å². The SMILES string of the molecule is CC1(C)O[C@H]2[C@H](n3ccc4c(Cl)ncnc43)O[C@H](Cc3ccc(Cl)cc3CO[Si](C)(C)C(C)(C)C)[C@@]2(C)O1.Cc1ncnc2c1ccn2[C@@H]1O[C@H](Cc2ccc(Cl)cc2CO)[C@@](C)(O)[C@H]1O.Cc1ncnc2c1ccn2[C@@H]1O[C@H](Cc2ccc(Cl)cc2CO[Si](C)(C)C(C)(C)C)[C@@]2(C)OC(C)(C)O[C@@H]12.[CH3-].[CH3-].[Zn+2]. The molecule has 28 heteroatoms. The zero-order valence-electron chi connectivity index (χ0n) is 65.6. The number of aromatic nitrogens is 9. The fourth-order valence-corrected chi connectivity index (χ4v) is 17.0. The molecule has 0 unspecified atom stereocenters. The molecule has 12 atom stereocenters. The summed E-state index contributed by atoms with van der Waals surface area (Å²) >= 11 is 25.2. The Morgan fingerprint density at radius 3 is 1.23 bits per heavy atom. The Morgan fingerprint density at radius 2 is 0.832 bits per heavy atom. The summed E-state index contributed by atoms with van der Waals surface area (Å²) in [5.41, 5.74) is 6.96. The van der Waals surface area contributed by atoms with E-state index in [0.717, 1.165) is 61.0 Å². The summed E-state index contributed by atoms with van der Waals surface area (Å²) in [4.78, 5) is 26.0. The number of aliphatic hydroxyl groups excluding tert-OH is 2. The van der Waals surface area contributed by atoms with E-state index >= 15 is 0 Å². The average molecular weight is 1640 g/mol. The molecule has 5 saturated heterocycles. The van der Waals surface area contributed by atoms with Gasteiger partial charge in [0.1, 0.15) is 76.2 Å². The summed E-state index contributed by atoms with van der Waals surface area (Å²) in [7, 11) is -3.89. The van der Waals surface area contributed by atoms with Crippen molar-refractivity contribution < 1.29 is 76.8 Å². The van der Waals surface area contributed by atoms with Gasteiger partial charge in [-0.1, -0.05) is 106 Å². The first-order chi connectivity index (χ1) is 48.5. The Hall–Kier alpha value is -4.74. The normalized spacial score (nSPS) is 26.6. The van der Waals surface area contributed by atoms with Gasteiger partial charge in [0.15, 0.2) is 46.9 Å². The Morgan fingerprint density at radius 1 is 0.486 bits per heavy atom. The first kappa shape index (κ1) is 86.2. The number of hydrogen-bond donors (Lipinski definition) is 3. The molecule has 107 heavy (non-hydrogen) atoms. The molecule has 3 aromatic carbocycles. The maximum absolute atomic E-state index is 11.0. The van der Waals surface area contributed by atoms with E-state index in [-0.39, 0.29) is 75.4 Å². The van der Waals surface area contributed by atoms with Crippen LogP contribution in [0.4, 0.5) is 0 Å². The summed E-state index contributed by atoms with van der Waals surface area (Å²) in [5, 5.41) is 36.6. The van der Waals surface area contributed by atoms with Crippen molar-refractivity contribution in [3.8, 4) is 0 Å². The van der Waals surface area contributed by atoms with Crippen molar-refractivity contribution in [2.24, 2.45) is 0 Å². The number of hydrogen-bond acceptors (Lipinski definition) is 18. The van der Waals surface area contributed by atoms with Crippen LogP contribution >= 0.6 is 46.4 Å². The molecule has 5 fully saturated rings. The fraction of sp³-hybridized carbons (Fsp3) is 0.519. The topological polar surface area (TPSA) is 236 Å². The predicted octanol–water partition coefficient (Wildman–Crippen LogP) is 17.3. The van der Waals surface area contributed by atoms with Crippen LogP contribution in [0.1, 0.15) is 153 Å². The molecular formula is C79H105Cl4N9O12Si2Zn. The van der Waals surface area contributed by atoms with E-state index in [1.807, 2.05) is 101 Å². The molecule has 0 bridgehead atoms. The molecule has 6 aromatic heterocycles. The van der Waals surface area contributed by atoms with Gasteiger partial charge in [0.25, 0.3) is 0 Å². The summed E-state index contributed by atoms with van der Waals surface area (Å²) in [5.74, 6) is -1.49. The van der Waals surface area contributed by atoms with E-state index in [1.165, 1.54) is 12.7 Å². The van der Waals surface area contributed by atoms with Gasteiger partial charge in [-0.3, -0.25) is 0 Å². The molecule has 21 nitrogen and oxygen atoms in total. The molecule has 5 aliphatic rings. The maximum atomic E-state index is 11.0. The van der Waals surface area contributed by atoms with Crippen LogP contribution in [0.2, 0.25) is 56.5 Å². The molecule has 576 valence electrons. The van der Waals surface area contributed by atoms with E-state index in [0.29, 0.717) is 69.6 Å². The predicted molar refractivity (Wildman–Crippen MR) is 421 cm³/mol. The van der Waals surface area contributed by atoms with Gasteiger partial charge >= 0.3 is 19.5 Å². The molecule has 11 heterocycles. The van der Waals surface area contributed by atoms with Gasteiger partial charge in [-0.15, -0.1) is 0 Å². The van der Waals surface area contributed by atoms with E-state index in [2.05, 4.69) is 128 Å². The largest absolute Gasteiger partial charge is 2.00 e. The monoisotopic (exact) mass is 1630 g/mol. The molecule has 0 radical (unpaired) electrons. The van der Waals surface area contributed by atoms with Crippen molar-refractivity contribution in [2.45, 2.75) is 263 Å². The van der Waals surface area contributed by atoms with E-state index in [4.69, 9.17) is 88.4 Å². The van der Waals surface area contributed by atoms with Crippen LogP contribution in [0.25, 0.3) is 33.1 Å². The summed E-state index contributed by atoms with van der Waals surface area (Å²) in [6, 6.07) is 23.1. The molecule has 0 amide bonds. The summed E-state index contributed by atoms with van der Waals surface area (Å²) < 4.78 is 64.7. The van der Waals surface area contributed by atoms with Crippen molar-refractivity contribution in [2.75, 3.05) is 0 Å². The fourth-order valence-electron chi connectivity index (χ4n) is 14.4. The number of aryl methyl sites for hydroxylation is 2. The first-order valence-corrected chi connectivity index (χ1v) is 42.7. The van der Waals surface area contributed by atoms with Crippen molar-refractivity contribution in [3.63, 3.8) is 0 Å². The molecule has 9 aromatic rings. The number of halogens is 4. The van der Waals surface area contributed by atoms with Gasteiger partial charge < -0.3 is 85.9 Å². The first-order valence-electron chi connectivity index (χ1n) is 35.4. The Balaban J connectivity index is 0.000000185. The van der Waals surface area contributed by atoms with Crippen LogP contribution < -0.4 is 0 Å². The number of nitrogens with zero attached hydrogens (tertiary/aromatic N) is 9. The smallest absolute Gasteiger partial charge is 0.413 e. The van der Waals surface area contributed by atoms with Gasteiger partial charge in [0, 0.05) is 63.7 Å². The minimum Gasteiger partial charge on any atom is -0.413 e. The van der Waals surface area contributed by atoms with Crippen molar-refractivity contribution in [3.05, 3.63) is 190 Å². The van der Waals surface area contributed by atoms with Gasteiger partial charge in [-0.2, -0.15) is 0 Å². The Bertz CT molecular complexity index is 4440. The van der Waals surface area contributed by atoms with Crippen molar-refractivity contribution in [1.29, 1.82) is 0 Å². The Labute approximate surface area is 665 Å². The van der Waals surface area contributed by atoms with Crippen LogP contribution in [-0.4, -0.2) is 141 Å². The third kappa shape index (κ3) is 17.1. The average Bonchev–Trinajstić information content (AvgIpc) is 1.56. The standard InChI is InChI=1S/C29H40ClN3O4Si.C28H37Cl2N3O4Si.C20H22ClN3O4.2CH3.Zn/c1-18-22-12-13-33(25(22)32-17-31-18)26-24-29(7,37-28(5,6)36-24)23(35-26)15-19-10-11-21(30)14-20(19)16-34-38(8,9)27(2,3)4;1-26(2,3)38(7,8)34-15-18-13-19(29)10-9-17(18)14-21-28(6)22(36-27(4,5)37-28)25(35-21)33-12-11-20-23(30)31-16-32-24(20)33;1-11-15-5-6-24(18(15)23-10-22-11)19-17(26)20(2,27)16(28-19)8-12-3-4-14(21)7-13(12)9-25;;;/h10-14,17,23-24,26H,15-16H2,1-9H3;9-13,16,21-22,25H,14-15H2,1-8H3;3-7,10,16-17,19,25-27H,8-9H2,1-2H3;2*1H3;/q;;;2*-1;+2/t23-,24+,26-,29-;21-,22+,25-,28-;16-,17+,19-,20-;;;/m111.../s1. The number of rotatable bonds is 16. The molecule has 14 rings (SSSR count). The third-order valence-electron chi connectivity index (χ3n) is 22.5. The number of fused-ring (bicyclic) bond motifs is 5. The van der Waals surface area contributed by atoms with Crippen LogP contribution in [0.15, 0.2) is 110 Å². The maximum Gasteiger partial charge on any atom is 2.00 e. The molecule has 5 aliphatic heterocycles. The Kier molecular flexibility index (Phi) is 25.8. The quantitative estimate of drug-likeness (QED) is 0.0463. The molecule has 0 spiro atoms. The zero-order chi connectivity index (χ0) is 75.4. The van der Waals surface area contributed by atoms with E-state index < -0.39 is 75.9 Å². The van der Waals surface area contributed by atoms with Crippen LogP contribution in [-0.2, 0) is 101 Å². The second-order valence-corrected chi connectivity index (χ2v) is 44.0.